The first-order valence-corrected chi connectivity index (χ1v) is 4.25. The van der Waals surface area contributed by atoms with Crippen LogP contribution < -0.4 is 0 Å². The third-order valence-electron chi connectivity index (χ3n) is 1.83. The molecule has 0 aliphatic carbocycles. The van der Waals surface area contributed by atoms with E-state index in [0.717, 1.165) is 4.48 Å². The lowest BCUT2D eigenvalue weighted by Gasteiger charge is -2.21. The van der Waals surface area contributed by atoms with Crippen molar-refractivity contribution in [1.82, 2.24) is 4.90 Å². The lowest BCUT2D eigenvalue weighted by Crippen LogP contribution is -2.37. The average molecular weight is 228 g/mol. The lowest BCUT2D eigenvalue weighted by atomic mass is 10.0. The van der Waals surface area contributed by atoms with Gasteiger partial charge in [-0.05, 0) is 0 Å². The van der Waals surface area contributed by atoms with Crippen LogP contribution in [0, 0.1) is 5.92 Å². The summed E-state index contributed by atoms with van der Waals surface area (Å²) in [5.74, 6) is -0.144. The number of hydrogen-bond acceptors (Lipinski definition) is 3. The molecule has 2 heterocycles. The summed E-state index contributed by atoms with van der Waals surface area (Å²) in [6, 6.07) is 0. The van der Waals surface area contributed by atoms with Crippen LogP contribution in [-0.2, 0) is 4.79 Å². The van der Waals surface area contributed by atoms with Crippen molar-refractivity contribution >= 4 is 33.8 Å². The van der Waals surface area contributed by atoms with Crippen molar-refractivity contribution in [3.63, 3.8) is 0 Å². The Balaban J connectivity index is 2.47. The quantitative estimate of drug-likeness (QED) is 0.603. The van der Waals surface area contributed by atoms with E-state index in [9.17, 15) is 4.79 Å². The second kappa shape index (κ2) is 2.52. The largest absolute Gasteiger partial charge is 0.316 e. The molecule has 0 spiro atoms. The van der Waals surface area contributed by atoms with Gasteiger partial charge in [0, 0.05) is 23.9 Å². The molecule has 0 N–H and O–H groups in total. The predicted octanol–water partition coefficient (Wildman–Crippen LogP) is 0.751. The highest BCUT2D eigenvalue weighted by Crippen LogP contribution is 2.26. The smallest absolute Gasteiger partial charge is 0.274 e. The van der Waals surface area contributed by atoms with E-state index in [1.807, 2.05) is 0 Å². The summed E-state index contributed by atoms with van der Waals surface area (Å²) in [4.78, 5) is 12.9. The minimum Gasteiger partial charge on any atom is -0.316 e. The summed E-state index contributed by atoms with van der Waals surface area (Å²) in [5, 5.41) is 7.47. The van der Waals surface area contributed by atoms with Crippen LogP contribution in [0.15, 0.2) is 20.9 Å². The third kappa shape index (κ3) is 0.929. The number of fused-ring (bicyclic) bond motifs is 1. The first-order chi connectivity index (χ1) is 5.70. The fourth-order valence-corrected chi connectivity index (χ4v) is 1.82. The monoisotopic (exact) mass is 227 g/mol. The molecule has 0 aromatic carbocycles. The Hall–Kier alpha value is -0.970. The molecule has 0 aromatic rings. The predicted molar refractivity (Wildman–Crippen MR) is 49.2 cm³/mol. The topological polar surface area (TPSA) is 45.0 Å². The molecule has 0 aromatic heterocycles. The zero-order chi connectivity index (χ0) is 8.72. The number of hydrogen-bond donors (Lipinski definition) is 0. The molecule has 2 rings (SSSR count). The van der Waals surface area contributed by atoms with E-state index in [-0.39, 0.29) is 11.8 Å². The van der Waals surface area contributed by atoms with Gasteiger partial charge in [-0.15, -0.1) is 5.10 Å². The second-order valence-electron chi connectivity index (χ2n) is 2.66. The molecule has 0 saturated carbocycles. The number of amides is 1. The molecular weight excluding hydrogens is 222 g/mol. The van der Waals surface area contributed by atoms with Gasteiger partial charge in [0.15, 0.2) is 0 Å². The molecule has 1 amide bonds. The van der Waals surface area contributed by atoms with Crippen molar-refractivity contribution in [2.24, 2.45) is 16.1 Å². The Morgan fingerprint density at radius 1 is 1.67 bits per heavy atom. The van der Waals surface area contributed by atoms with Crippen molar-refractivity contribution in [2.45, 2.75) is 0 Å². The zero-order valence-electron chi connectivity index (χ0n) is 6.36. The molecule has 4 nitrogen and oxygen atoms in total. The van der Waals surface area contributed by atoms with E-state index in [0.29, 0.717) is 5.71 Å². The van der Waals surface area contributed by atoms with Gasteiger partial charge in [-0.2, -0.15) is 5.10 Å². The summed E-state index contributed by atoms with van der Waals surface area (Å²) in [6.07, 6.45) is 3.39. The molecule has 0 saturated heterocycles. The van der Waals surface area contributed by atoms with Crippen molar-refractivity contribution < 1.29 is 4.79 Å². The Kier molecular flexibility index (Phi) is 1.61. The fraction of sp³-hybridized carbons (Fsp3) is 0.286. The third-order valence-corrected chi connectivity index (χ3v) is 2.53. The second-order valence-corrected chi connectivity index (χ2v) is 3.57. The fourth-order valence-electron chi connectivity index (χ4n) is 1.18. The molecule has 0 radical (unpaired) electrons. The maximum Gasteiger partial charge on any atom is 0.274 e. The summed E-state index contributed by atoms with van der Waals surface area (Å²) in [5.41, 5.74) is 0.492. The zero-order valence-corrected chi connectivity index (χ0v) is 7.95. The van der Waals surface area contributed by atoms with Crippen molar-refractivity contribution in [3.05, 3.63) is 10.7 Å². The van der Waals surface area contributed by atoms with Gasteiger partial charge in [0.1, 0.15) is 5.71 Å². The van der Waals surface area contributed by atoms with Crippen LogP contribution in [0.5, 0.6) is 0 Å². The van der Waals surface area contributed by atoms with Crippen LogP contribution in [0.4, 0.5) is 0 Å². The minimum absolute atomic E-state index is 0.0614. The Morgan fingerprint density at radius 3 is 3.17 bits per heavy atom. The minimum atomic E-state index is -0.0827. The van der Waals surface area contributed by atoms with Crippen molar-refractivity contribution in [1.29, 1.82) is 0 Å². The van der Waals surface area contributed by atoms with Crippen molar-refractivity contribution in [3.8, 4) is 0 Å². The number of nitrogens with zero attached hydrogens (tertiary/aromatic N) is 3. The van der Waals surface area contributed by atoms with Gasteiger partial charge >= 0.3 is 0 Å². The Labute approximate surface area is 77.8 Å². The maximum atomic E-state index is 11.4. The lowest BCUT2D eigenvalue weighted by molar-refractivity contribution is -0.121. The SMILES string of the molecule is CN1C=C(Br)C2C=NN=C2C1=O. The summed E-state index contributed by atoms with van der Waals surface area (Å²) < 4.78 is 0.921. The van der Waals surface area contributed by atoms with Crippen LogP contribution in [0.3, 0.4) is 0 Å². The van der Waals surface area contributed by atoms with E-state index in [4.69, 9.17) is 0 Å². The molecule has 1 atom stereocenters. The number of rotatable bonds is 0. The first kappa shape index (κ1) is 7.67. The number of halogens is 1. The summed E-state index contributed by atoms with van der Waals surface area (Å²) >= 11 is 3.36. The van der Waals surface area contributed by atoms with Crippen LogP contribution in [0.1, 0.15) is 0 Å². The van der Waals surface area contributed by atoms with Gasteiger partial charge in [-0.1, -0.05) is 15.9 Å². The van der Waals surface area contributed by atoms with Gasteiger partial charge in [0.05, 0.1) is 5.92 Å². The normalized spacial score (nSPS) is 27.0. The van der Waals surface area contributed by atoms with Gasteiger partial charge in [-0.25, -0.2) is 0 Å². The Bertz CT molecular complexity index is 332. The maximum absolute atomic E-state index is 11.4. The average Bonchev–Trinajstić information content (AvgIpc) is 2.48. The van der Waals surface area contributed by atoms with Crippen LogP contribution in [0.25, 0.3) is 0 Å². The van der Waals surface area contributed by atoms with Gasteiger partial charge < -0.3 is 4.90 Å². The number of carbonyl (C=O) groups excluding carboxylic acids is 1. The molecule has 2 aliphatic rings. The van der Waals surface area contributed by atoms with E-state index < -0.39 is 0 Å². The number of carbonyl (C=O) groups is 1. The van der Waals surface area contributed by atoms with Crippen LogP contribution in [-0.4, -0.2) is 29.8 Å². The van der Waals surface area contributed by atoms with Crippen LogP contribution in [0.2, 0.25) is 0 Å². The molecule has 5 heteroatoms. The highest BCUT2D eigenvalue weighted by molar-refractivity contribution is 9.11. The van der Waals surface area contributed by atoms with Crippen molar-refractivity contribution in [2.75, 3.05) is 7.05 Å². The van der Waals surface area contributed by atoms with Gasteiger partial charge in [-0.3, -0.25) is 4.79 Å². The molecule has 0 bridgehead atoms. The standard InChI is InChI=1S/C7H6BrN3O/c1-11-3-5(8)4-2-9-10-6(4)7(11)12/h2-4H,1H3. The molecule has 62 valence electrons. The molecule has 12 heavy (non-hydrogen) atoms. The van der Waals surface area contributed by atoms with E-state index in [1.54, 1.807) is 19.5 Å². The molecular formula is C7H6BrN3O. The molecule has 2 aliphatic heterocycles. The van der Waals surface area contributed by atoms with Gasteiger partial charge in [0.2, 0.25) is 0 Å². The van der Waals surface area contributed by atoms with E-state index in [1.165, 1.54) is 4.90 Å². The number of allylic oxidation sites excluding steroid dienone is 1. The summed E-state index contributed by atoms with van der Waals surface area (Å²) in [7, 11) is 1.70. The van der Waals surface area contributed by atoms with E-state index in [2.05, 4.69) is 26.1 Å². The van der Waals surface area contributed by atoms with E-state index >= 15 is 0 Å². The highest BCUT2D eigenvalue weighted by Gasteiger charge is 2.33. The van der Waals surface area contributed by atoms with Crippen LogP contribution >= 0.6 is 15.9 Å². The molecule has 1 unspecified atom stereocenters. The highest BCUT2D eigenvalue weighted by atomic mass is 79.9. The Morgan fingerprint density at radius 2 is 2.42 bits per heavy atom. The van der Waals surface area contributed by atoms with Gasteiger partial charge in [0.25, 0.3) is 5.91 Å². The first-order valence-electron chi connectivity index (χ1n) is 3.45. The summed E-state index contributed by atoms with van der Waals surface area (Å²) in [6.45, 7) is 0. The molecule has 0 fully saturated rings.